The highest BCUT2D eigenvalue weighted by Gasteiger charge is 2.35. The van der Waals surface area contributed by atoms with Gasteiger partial charge in [-0.25, -0.2) is 8.42 Å². The minimum absolute atomic E-state index is 0.00301. The number of hydrogen-bond acceptors (Lipinski definition) is 5. The molecule has 216 valence electrons. The smallest absolute Gasteiger partial charge is 0.266 e. The monoisotopic (exact) mass is 603 g/mol. The van der Waals surface area contributed by atoms with Gasteiger partial charge in [0.15, 0.2) is 0 Å². The fraction of sp³-hybridized carbons (Fsp3) is 0.188. The topological polar surface area (TPSA) is 87.2 Å². The van der Waals surface area contributed by atoms with E-state index >= 15 is 0 Å². The van der Waals surface area contributed by atoms with E-state index in [9.17, 15) is 18.0 Å². The predicted octanol–water partition coefficient (Wildman–Crippen LogP) is 6.15. The van der Waals surface area contributed by atoms with Gasteiger partial charge in [0.05, 0.1) is 35.7 Å². The molecule has 1 unspecified atom stereocenters. The van der Waals surface area contributed by atoms with Gasteiger partial charge < -0.3 is 14.5 Å². The number of fused-ring (bicyclic) bond motifs is 1. The average Bonchev–Trinajstić information content (AvgIpc) is 3.09. The summed E-state index contributed by atoms with van der Waals surface area (Å²) in [6.45, 7) is 1.80. The lowest BCUT2D eigenvalue weighted by molar-refractivity contribution is -0.118. The molecule has 0 aromatic heterocycles. The van der Waals surface area contributed by atoms with Crippen LogP contribution >= 0.6 is 11.6 Å². The second-order valence-corrected chi connectivity index (χ2v) is 12.2. The van der Waals surface area contributed by atoms with Crippen molar-refractivity contribution in [1.82, 2.24) is 0 Å². The number of hydrogen-bond donors (Lipinski definition) is 0. The Kier molecular flexibility index (Phi) is 8.24. The van der Waals surface area contributed by atoms with Crippen molar-refractivity contribution >= 4 is 50.5 Å². The number of methoxy groups -OCH3 is 1. The number of ether oxygens (including phenoxy) is 1. The first kappa shape index (κ1) is 29.2. The van der Waals surface area contributed by atoms with E-state index in [1.54, 1.807) is 67.4 Å². The first-order chi connectivity index (χ1) is 20.1. The zero-order chi connectivity index (χ0) is 30.0. The van der Waals surface area contributed by atoms with Gasteiger partial charge in [-0.3, -0.25) is 13.9 Å². The van der Waals surface area contributed by atoms with Crippen LogP contribution in [0.1, 0.15) is 29.3 Å². The Morgan fingerprint density at radius 3 is 2.31 bits per heavy atom. The van der Waals surface area contributed by atoms with Crippen LogP contribution in [0.3, 0.4) is 0 Å². The lowest BCUT2D eigenvalue weighted by Gasteiger charge is -2.29. The van der Waals surface area contributed by atoms with Crippen molar-refractivity contribution in [1.29, 1.82) is 0 Å². The summed E-state index contributed by atoms with van der Waals surface area (Å²) >= 11 is 6.54. The highest BCUT2D eigenvalue weighted by Crippen LogP contribution is 2.38. The predicted molar refractivity (Wildman–Crippen MR) is 165 cm³/mol. The van der Waals surface area contributed by atoms with E-state index in [1.807, 2.05) is 30.3 Å². The maximum Gasteiger partial charge on any atom is 0.266 e. The third-order valence-corrected chi connectivity index (χ3v) is 9.52. The van der Waals surface area contributed by atoms with Crippen LogP contribution < -0.4 is 18.8 Å². The summed E-state index contributed by atoms with van der Waals surface area (Å²) in [7, 11) is -1.17. The van der Waals surface area contributed by atoms with Gasteiger partial charge in [0, 0.05) is 25.1 Å². The molecule has 1 aliphatic heterocycles. The molecule has 1 atom stereocenters. The molecule has 0 fully saturated rings. The largest absolute Gasteiger partial charge is 0.495 e. The van der Waals surface area contributed by atoms with Crippen molar-refractivity contribution in [2.75, 3.05) is 28.3 Å². The van der Waals surface area contributed by atoms with Gasteiger partial charge in [-0.05, 0) is 55.0 Å². The first-order valence-corrected chi connectivity index (χ1v) is 15.1. The summed E-state index contributed by atoms with van der Waals surface area (Å²) < 4.78 is 35.5. The second-order valence-electron chi connectivity index (χ2n) is 9.98. The van der Waals surface area contributed by atoms with E-state index in [2.05, 4.69) is 0 Å². The third-order valence-electron chi connectivity index (χ3n) is 7.28. The Morgan fingerprint density at radius 2 is 1.60 bits per heavy atom. The number of rotatable bonds is 7. The van der Waals surface area contributed by atoms with Crippen LogP contribution in [-0.4, -0.2) is 40.4 Å². The van der Waals surface area contributed by atoms with Crippen LogP contribution in [0.4, 0.5) is 17.1 Å². The fourth-order valence-electron chi connectivity index (χ4n) is 5.09. The third kappa shape index (κ3) is 5.45. The summed E-state index contributed by atoms with van der Waals surface area (Å²) in [5, 5.41) is -0.0289. The Bertz CT molecular complexity index is 1750. The molecule has 0 bridgehead atoms. The lowest BCUT2D eigenvalue weighted by atomic mass is 10.1. The van der Waals surface area contributed by atoms with Crippen LogP contribution in [0.25, 0.3) is 0 Å². The van der Waals surface area contributed by atoms with Gasteiger partial charge in [-0.1, -0.05) is 66.2 Å². The standard InChI is InChI=1S/C32H30ClN3O5S/c1-22-19-31(37)34(2)26-13-7-8-14-27(26)36(22)32(38)24-17-18-25(33)30(20-24)42(39,40)35(21-23-11-5-4-6-12-23)28-15-9-10-16-29(28)41-3/h4-18,20,22H,19,21H2,1-3H3. The van der Waals surface area contributed by atoms with E-state index in [1.165, 1.54) is 34.5 Å². The fourth-order valence-corrected chi connectivity index (χ4v) is 7.06. The lowest BCUT2D eigenvalue weighted by Crippen LogP contribution is -2.39. The van der Waals surface area contributed by atoms with Gasteiger partial charge in [0.25, 0.3) is 15.9 Å². The van der Waals surface area contributed by atoms with Crippen molar-refractivity contribution in [2.45, 2.75) is 30.8 Å². The number of benzene rings is 4. The Hall–Kier alpha value is -4.34. The van der Waals surface area contributed by atoms with Crippen LogP contribution in [0.5, 0.6) is 5.75 Å². The number of sulfonamides is 1. The van der Waals surface area contributed by atoms with E-state index in [-0.39, 0.29) is 34.4 Å². The molecule has 0 aliphatic carbocycles. The summed E-state index contributed by atoms with van der Waals surface area (Å²) in [5.74, 6) is -0.208. The van der Waals surface area contributed by atoms with Crippen molar-refractivity contribution < 1.29 is 22.7 Å². The Morgan fingerprint density at radius 1 is 0.952 bits per heavy atom. The molecule has 42 heavy (non-hydrogen) atoms. The molecule has 8 nitrogen and oxygen atoms in total. The molecule has 2 amide bonds. The zero-order valence-corrected chi connectivity index (χ0v) is 25.0. The molecule has 1 aliphatic rings. The van der Waals surface area contributed by atoms with Gasteiger partial charge in [-0.15, -0.1) is 0 Å². The Balaban J connectivity index is 1.61. The number of anilines is 3. The summed E-state index contributed by atoms with van der Waals surface area (Å²) in [5.41, 5.74) is 2.35. The minimum atomic E-state index is -4.31. The highest BCUT2D eigenvalue weighted by molar-refractivity contribution is 7.93. The molecule has 4 aromatic rings. The van der Waals surface area contributed by atoms with E-state index < -0.39 is 22.0 Å². The highest BCUT2D eigenvalue weighted by atomic mass is 35.5. The SMILES string of the molecule is COc1ccccc1N(Cc1ccccc1)S(=O)(=O)c1cc(C(=O)N2c3ccccc3N(C)C(=O)CC2C)ccc1Cl. The molecule has 0 saturated heterocycles. The van der Waals surface area contributed by atoms with Gasteiger partial charge >= 0.3 is 0 Å². The average molecular weight is 604 g/mol. The van der Waals surface area contributed by atoms with Crippen LogP contribution in [0, 0.1) is 0 Å². The number of halogens is 1. The van der Waals surface area contributed by atoms with Gasteiger partial charge in [-0.2, -0.15) is 0 Å². The molecular formula is C32H30ClN3O5S. The summed E-state index contributed by atoms with van der Waals surface area (Å²) in [6, 6.07) is 26.9. The van der Waals surface area contributed by atoms with Crippen molar-refractivity contribution in [3.8, 4) is 5.75 Å². The molecular weight excluding hydrogens is 574 g/mol. The second kappa shape index (κ2) is 11.9. The van der Waals surface area contributed by atoms with Crippen molar-refractivity contribution in [3.63, 3.8) is 0 Å². The van der Waals surface area contributed by atoms with Crippen LogP contribution in [0.2, 0.25) is 5.02 Å². The maximum absolute atomic E-state index is 14.4. The van der Waals surface area contributed by atoms with E-state index in [0.717, 1.165) is 5.56 Å². The number of para-hydroxylation sites is 4. The number of nitrogens with zero attached hydrogens (tertiary/aromatic N) is 3. The number of amides is 2. The van der Waals surface area contributed by atoms with Gasteiger partial charge in [0.2, 0.25) is 5.91 Å². The first-order valence-electron chi connectivity index (χ1n) is 13.3. The van der Waals surface area contributed by atoms with Crippen LogP contribution in [0.15, 0.2) is 102 Å². The minimum Gasteiger partial charge on any atom is -0.495 e. The maximum atomic E-state index is 14.4. The van der Waals surface area contributed by atoms with E-state index in [4.69, 9.17) is 16.3 Å². The molecule has 1 heterocycles. The van der Waals surface area contributed by atoms with Crippen molar-refractivity contribution in [3.05, 3.63) is 113 Å². The molecule has 0 spiro atoms. The summed E-state index contributed by atoms with van der Waals surface area (Å²) in [4.78, 5) is 29.7. The summed E-state index contributed by atoms with van der Waals surface area (Å²) in [6.07, 6.45) is 0.105. The normalized spacial score (nSPS) is 15.1. The van der Waals surface area contributed by atoms with Crippen molar-refractivity contribution in [2.24, 2.45) is 0 Å². The number of carbonyl (C=O) groups excluding carboxylic acids is 2. The van der Waals surface area contributed by atoms with Crippen LogP contribution in [-0.2, 0) is 21.4 Å². The van der Waals surface area contributed by atoms with E-state index in [0.29, 0.717) is 22.8 Å². The molecule has 5 rings (SSSR count). The Labute approximate surface area is 250 Å². The number of carbonyl (C=O) groups is 2. The van der Waals surface area contributed by atoms with Gasteiger partial charge in [0.1, 0.15) is 10.6 Å². The molecule has 4 aromatic carbocycles. The molecule has 10 heteroatoms. The molecule has 0 radical (unpaired) electrons. The molecule has 0 saturated carbocycles. The molecule has 0 N–H and O–H groups in total. The quantitative estimate of drug-likeness (QED) is 0.253. The zero-order valence-electron chi connectivity index (χ0n) is 23.4.